The van der Waals surface area contributed by atoms with E-state index in [1.54, 1.807) is 31.2 Å². The highest BCUT2D eigenvalue weighted by atomic mass is 16.6. The van der Waals surface area contributed by atoms with Crippen LogP contribution in [0.2, 0.25) is 0 Å². The molecule has 0 fully saturated rings. The van der Waals surface area contributed by atoms with E-state index < -0.39 is 5.97 Å². The summed E-state index contributed by atoms with van der Waals surface area (Å²) in [4.78, 5) is 11.0. The Balaban J connectivity index is 2.28. The van der Waals surface area contributed by atoms with Crippen molar-refractivity contribution in [3.05, 3.63) is 42.0 Å². The Hall–Kier alpha value is -2.10. The van der Waals surface area contributed by atoms with Crippen molar-refractivity contribution in [2.24, 2.45) is 0 Å². The number of rotatable bonds is 6. The van der Waals surface area contributed by atoms with Gasteiger partial charge in [-0.3, -0.25) is 0 Å². The van der Waals surface area contributed by atoms with E-state index in [-0.39, 0.29) is 6.61 Å². The molecule has 90 valence electrons. The van der Waals surface area contributed by atoms with Crippen molar-refractivity contribution in [3.8, 4) is 5.75 Å². The number of hydrogen-bond acceptors (Lipinski definition) is 4. The first kappa shape index (κ1) is 13.0. The smallest absolute Gasteiger partial charge is 0.333 e. The number of carbonyl (C=O) groups excluding carboxylic acids is 1. The van der Waals surface area contributed by atoms with Crippen LogP contribution in [-0.2, 0) is 9.53 Å². The second-order valence-corrected chi connectivity index (χ2v) is 3.48. The molecule has 0 heterocycles. The quantitative estimate of drug-likeness (QED) is 0.354. The third-order valence-electron chi connectivity index (χ3n) is 1.98. The fourth-order valence-corrected chi connectivity index (χ4v) is 1.08. The molecule has 0 aliphatic carbocycles. The summed E-state index contributed by atoms with van der Waals surface area (Å²) in [5.41, 5.74) is 1.19. The lowest BCUT2D eigenvalue weighted by molar-refractivity contribution is -0.139. The van der Waals surface area contributed by atoms with E-state index in [9.17, 15) is 4.79 Å². The average Bonchev–Trinajstić information content (AvgIpc) is 2.35. The summed E-state index contributed by atoms with van der Waals surface area (Å²) in [5, 5.41) is 7.04. The Morgan fingerprint density at radius 1 is 1.35 bits per heavy atom. The second-order valence-electron chi connectivity index (χ2n) is 3.48. The third-order valence-corrected chi connectivity index (χ3v) is 1.98. The zero-order chi connectivity index (χ0) is 12.7. The maximum Gasteiger partial charge on any atom is 0.333 e. The van der Waals surface area contributed by atoms with E-state index in [0.29, 0.717) is 17.9 Å². The van der Waals surface area contributed by atoms with E-state index in [2.05, 4.69) is 6.58 Å². The van der Waals surface area contributed by atoms with Gasteiger partial charge in [0.2, 0.25) is 0 Å². The van der Waals surface area contributed by atoms with Crippen LogP contribution in [0.4, 0.5) is 0 Å². The lowest BCUT2D eigenvalue weighted by atomic mass is 10.2. The van der Waals surface area contributed by atoms with Crippen LogP contribution in [0.1, 0.15) is 12.5 Å². The molecule has 0 spiro atoms. The van der Waals surface area contributed by atoms with Crippen LogP contribution in [0.25, 0.3) is 0 Å². The fourth-order valence-electron chi connectivity index (χ4n) is 1.08. The number of hydrogen-bond donors (Lipinski definition) is 1. The van der Waals surface area contributed by atoms with Crippen molar-refractivity contribution >= 4 is 12.2 Å². The van der Waals surface area contributed by atoms with Crippen LogP contribution >= 0.6 is 0 Å². The van der Waals surface area contributed by atoms with Gasteiger partial charge in [0, 0.05) is 11.8 Å². The SMILES string of the molecule is C=C(C)C(=O)OCCOc1ccc(C=N)cc1. The van der Waals surface area contributed by atoms with Gasteiger partial charge in [0.25, 0.3) is 0 Å². The molecule has 0 aliphatic rings. The normalized spacial score (nSPS) is 9.47. The fraction of sp³-hybridized carbons (Fsp3) is 0.231. The summed E-state index contributed by atoms with van der Waals surface area (Å²) >= 11 is 0. The highest BCUT2D eigenvalue weighted by molar-refractivity contribution is 5.86. The second kappa shape index (κ2) is 6.48. The average molecular weight is 233 g/mol. The molecule has 0 amide bonds. The van der Waals surface area contributed by atoms with Crippen molar-refractivity contribution in [2.75, 3.05) is 13.2 Å². The van der Waals surface area contributed by atoms with Gasteiger partial charge in [-0.15, -0.1) is 0 Å². The maximum absolute atomic E-state index is 11.0. The molecule has 0 radical (unpaired) electrons. The third kappa shape index (κ3) is 4.51. The number of ether oxygens (including phenoxy) is 2. The molecule has 4 nitrogen and oxygen atoms in total. The minimum Gasteiger partial charge on any atom is -0.490 e. The van der Waals surface area contributed by atoms with Crippen LogP contribution in [0, 0.1) is 5.41 Å². The molecule has 0 aliphatic heterocycles. The van der Waals surface area contributed by atoms with Gasteiger partial charge in [-0.2, -0.15) is 0 Å². The largest absolute Gasteiger partial charge is 0.490 e. The minimum atomic E-state index is -0.409. The van der Waals surface area contributed by atoms with Crippen LogP contribution in [0.3, 0.4) is 0 Å². The molecule has 0 aromatic heterocycles. The molecule has 1 N–H and O–H groups in total. The van der Waals surface area contributed by atoms with Crippen LogP contribution < -0.4 is 4.74 Å². The van der Waals surface area contributed by atoms with Crippen LogP contribution in [-0.4, -0.2) is 25.4 Å². The van der Waals surface area contributed by atoms with Crippen molar-refractivity contribution in [1.82, 2.24) is 0 Å². The van der Waals surface area contributed by atoms with Gasteiger partial charge < -0.3 is 14.9 Å². The molecule has 17 heavy (non-hydrogen) atoms. The zero-order valence-corrected chi connectivity index (χ0v) is 9.73. The van der Waals surface area contributed by atoms with Gasteiger partial charge in [0.1, 0.15) is 19.0 Å². The Kier molecular flexibility index (Phi) is 4.94. The molecule has 0 saturated heterocycles. The zero-order valence-electron chi connectivity index (χ0n) is 9.73. The predicted molar refractivity (Wildman–Crippen MR) is 65.6 cm³/mol. The molecule has 0 bridgehead atoms. The van der Waals surface area contributed by atoms with Gasteiger partial charge in [-0.05, 0) is 36.8 Å². The van der Waals surface area contributed by atoms with Crippen molar-refractivity contribution in [2.45, 2.75) is 6.92 Å². The Morgan fingerprint density at radius 2 is 2.00 bits per heavy atom. The van der Waals surface area contributed by atoms with E-state index >= 15 is 0 Å². The highest BCUT2D eigenvalue weighted by Crippen LogP contribution is 2.10. The number of benzene rings is 1. The maximum atomic E-state index is 11.0. The molecular formula is C13H15NO3. The summed E-state index contributed by atoms with van der Waals surface area (Å²) < 4.78 is 10.2. The first-order chi connectivity index (χ1) is 8.13. The summed E-state index contributed by atoms with van der Waals surface area (Å²) in [6.45, 7) is 5.56. The van der Waals surface area contributed by atoms with E-state index in [0.717, 1.165) is 5.56 Å². The van der Waals surface area contributed by atoms with E-state index in [4.69, 9.17) is 14.9 Å². The molecule has 0 saturated carbocycles. The summed E-state index contributed by atoms with van der Waals surface area (Å²) in [6.07, 6.45) is 1.26. The van der Waals surface area contributed by atoms with E-state index in [1.165, 1.54) is 6.21 Å². The van der Waals surface area contributed by atoms with Gasteiger partial charge in [-0.1, -0.05) is 6.58 Å². The first-order valence-corrected chi connectivity index (χ1v) is 5.19. The monoisotopic (exact) mass is 233 g/mol. The topological polar surface area (TPSA) is 59.4 Å². The van der Waals surface area contributed by atoms with Gasteiger partial charge in [0.05, 0.1) is 0 Å². The lowest BCUT2D eigenvalue weighted by Gasteiger charge is -2.07. The van der Waals surface area contributed by atoms with Crippen molar-refractivity contribution < 1.29 is 14.3 Å². The van der Waals surface area contributed by atoms with Crippen LogP contribution in [0.15, 0.2) is 36.4 Å². The minimum absolute atomic E-state index is 0.192. The van der Waals surface area contributed by atoms with Crippen LogP contribution in [0.5, 0.6) is 5.75 Å². The van der Waals surface area contributed by atoms with Gasteiger partial charge in [0.15, 0.2) is 0 Å². The molecule has 1 rings (SSSR count). The number of esters is 1. The summed E-state index contributed by atoms with van der Waals surface area (Å²) in [7, 11) is 0. The Labute approximate surface area is 100 Å². The van der Waals surface area contributed by atoms with Crippen molar-refractivity contribution in [3.63, 3.8) is 0 Å². The summed E-state index contributed by atoms with van der Waals surface area (Å²) in [6, 6.07) is 7.09. The first-order valence-electron chi connectivity index (χ1n) is 5.19. The lowest BCUT2D eigenvalue weighted by Crippen LogP contribution is -2.12. The molecule has 1 aromatic rings. The Morgan fingerprint density at radius 3 is 2.53 bits per heavy atom. The molecule has 4 heteroatoms. The summed E-state index contributed by atoms with van der Waals surface area (Å²) in [5.74, 6) is 0.273. The highest BCUT2D eigenvalue weighted by Gasteiger charge is 2.02. The van der Waals surface area contributed by atoms with Gasteiger partial charge in [-0.25, -0.2) is 4.79 Å². The van der Waals surface area contributed by atoms with Gasteiger partial charge >= 0.3 is 5.97 Å². The van der Waals surface area contributed by atoms with Crippen molar-refractivity contribution in [1.29, 1.82) is 5.41 Å². The number of carbonyl (C=O) groups is 1. The standard InChI is InChI=1S/C13H15NO3/c1-10(2)13(15)17-8-7-16-12-5-3-11(9-14)4-6-12/h3-6,9,14H,1,7-8H2,2H3. The molecular weight excluding hydrogens is 218 g/mol. The predicted octanol–water partition coefficient (Wildman–Crippen LogP) is 2.18. The number of nitrogens with one attached hydrogen (secondary N) is 1. The molecule has 1 aromatic carbocycles. The molecule has 0 unspecified atom stereocenters. The Bertz CT molecular complexity index is 409. The van der Waals surface area contributed by atoms with E-state index in [1.807, 2.05) is 0 Å². The molecule has 0 atom stereocenters.